The van der Waals surface area contributed by atoms with Crippen LogP contribution in [0.1, 0.15) is 41.5 Å². The van der Waals surface area contributed by atoms with Gasteiger partial charge in [-0.15, -0.1) is 0 Å². The largest absolute Gasteiger partial charge is 0.479 e. The van der Waals surface area contributed by atoms with Crippen LogP contribution in [0.15, 0.2) is 0 Å². The third kappa shape index (κ3) is 7.78. The van der Waals surface area contributed by atoms with Gasteiger partial charge in [-0.05, 0) is 41.5 Å². The fraction of sp³-hybridized carbons (Fsp3) is 0.800. The number of ether oxygens (including phenoxy) is 3. The maximum Gasteiger partial charge on any atom is 0.332 e. The molecule has 0 aliphatic heterocycles. The molecule has 25 heavy (non-hydrogen) atoms. The van der Waals surface area contributed by atoms with E-state index in [2.05, 4.69) is 0 Å². The van der Waals surface area contributed by atoms with Crippen LogP contribution in [0, 0.1) is 0 Å². The molecule has 0 bridgehead atoms. The number of carboxylic acids is 3. The summed E-state index contributed by atoms with van der Waals surface area (Å²) >= 11 is 0. The maximum atomic E-state index is 11.0. The van der Waals surface area contributed by atoms with E-state index in [-0.39, 0.29) is 0 Å². The summed E-state index contributed by atoms with van der Waals surface area (Å²) < 4.78 is 16.1. The Bertz CT molecular complexity index is 403. The number of aliphatic carboxylic acids is 3. The average Bonchev–Trinajstić information content (AvgIpc) is 2.46. The zero-order valence-corrected chi connectivity index (χ0v) is 15.2. The van der Waals surface area contributed by atoms with Crippen molar-refractivity contribution >= 4 is 17.9 Å². The first kappa shape index (κ1) is 23.2. The van der Waals surface area contributed by atoms with Crippen molar-refractivity contribution < 1.29 is 43.9 Å². The van der Waals surface area contributed by atoms with Gasteiger partial charge in [-0.1, -0.05) is 0 Å². The van der Waals surface area contributed by atoms with Gasteiger partial charge in [-0.25, -0.2) is 19.3 Å². The number of rotatable bonds is 12. The van der Waals surface area contributed by atoms with Gasteiger partial charge in [0.25, 0.3) is 0 Å². The lowest BCUT2D eigenvalue weighted by Crippen LogP contribution is -2.53. The molecule has 0 heterocycles. The van der Waals surface area contributed by atoms with Crippen LogP contribution in [0.3, 0.4) is 0 Å². The quantitative estimate of drug-likeness (QED) is 0.425. The van der Waals surface area contributed by atoms with E-state index in [4.69, 9.17) is 29.5 Å². The number of hydrogen-bond donors (Lipinski definition) is 3. The minimum absolute atomic E-state index is 0.849. The van der Waals surface area contributed by atoms with Crippen molar-refractivity contribution in [3.8, 4) is 0 Å². The van der Waals surface area contributed by atoms with E-state index in [9.17, 15) is 14.4 Å². The van der Waals surface area contributed by atoms with Crippen LogP contribution in [0.25, 0.3) is 0 Å². The van der Waals surface area contributed by atoms with E-state index in [0.29, 0.717) is 0 Å². The van der Waals surface area contributed by atoms with Crippen molar-refractivity contribution in [2.24, 2.45) is 0 Å². The predicted molar refractivity (Wildman–Crippen MR) is 84.8 cm³/mol. The van der Waals surface area contributed by atoms with E-state index in [1.54, 1.807) is 0 Å². The molecule has 6 unspecified atom stereocenters. The average molecular weight is 365 g/mol. The number of carboxylic acid groups (broad SMARTS) is 3. The molecule has 146 valence electrons. The Morgan fingerprint density at radius 1 is 0.600 bits per heavy atom. The lowest BCUT2D eigenvalue weighted by atomic mass is 10.3. The van der Waals surface area contributed by atoms with E-state index in [0.717, 1.165) is 0 Å². The van der Waals surface area contributed by atoms with Gasteiger partial charge in [-0.3, -0.25) is 0 Å². The predicted octanol–water partition coefficient (Wildman–Crippen LogP) is 0.796. The summed E-state index contributed by atoms with van der Waals surface area (Å²) in [5.74, 6) is -3.52. The Morgan fingerprint density at radius 3 is 0.960 bits per heavy atom. The molecule has 0 radical (unpaired) electrons. The second-order valence-corrected chi connectivity index (χ2v) is 5.59. The minimum Gasteiger partial charge on any atom is -0.479 e. The molecule has 6 atom stereocenters. The van der Waals surface area contributed by atoms with Crippen LogP contribution < -0.4 is 0 Å². The van der Waals surface area contributed by atoms with Crippen LogP contribution in [-0.2, 0) is 28.6 Å². The highest BCUT2D eigenvalue weighted by molar-refractivity contribution is 5.72. The Kier molecular flexibility index (Phi) is 9.57. The van der Waals surface area contributed by atoms with E-state index in [1.807, 2.05) is 0 Å². The molecule has 0 fully saturated rings. The van der Waals surface area contributed by atoms with Crippen LogP contribution in [0.4, 0.5) is 0 Å². The monoisotopic (exact) mass is 365 g/mol. The summed E-state index contributed by atoms with van der Waals surface area (Å²) in [6.45, 7) is 8.64. The first-order chi connectivity index (χ1) is 11.4. The summed E-state index contributed by atoms with van der Waals surface area (Å²) in [5, 5.41) is 26.9. The maximum absolute atomic E-state index is 11.0. The smallest absolute Gasteiger partial charge is 0.332 e. The lowest BCUT2D eigenvalue weighted by molar-refractivity contribution is -0.238. The molecule has 0 aliphatic carbocycles. The zero-order valence-electron chi connectivity index (χ0n) is 15.2. The van der Waals surface area contributed by atoms with Gasteiger partial charge in [0.05, 0.1) is 0 Å². The summed E-state index contributed by atoms with van der Waals surface area (Å²) in [4.78, 5) is 34.3. The summed E-state index contributed by atoms with van der Waals surface area (Å²) in [7, 11) is 0. The van der Waals surface area contributed by atoms with Crippen molar-refractivity contribution in [3.63, 3.8) is 0 Å². The molecule has 0 aromatic carbocycles. The first-order valence-electron chi connectivity index (χ1n) is 7.80. The summed E-state index contributed by atoms with van der Waals surface area (Å²) in [5.41, 5.74) is 0. The molecular weight excluding hydrogens is 338 g/mol. The van der Waals surface area contributed by atoms with Crippen molar-refractivity contribution in [2.75, 3.05) is 0 Å². The second kappa shape index (κ2) is 10.3. The molecular formula is C15H27NO9. The molecule has 10 heteroatoms. The van der Waals surface area contributed by atoms with Crippen LogP contribution in [0.5, 0.6) is 0 Å². The van der Waals surface area contributed by atoms with E-state index >= 15 is 0 Å². The summed E-state index contributed by atoms with van der Waals surface area (Å²) in [6, 6.07) is 0. The van der Waals surface area contributed by atoms with Gasteiger partial charge in [-0.2, -0.15) is 0 Å². The molecule has 0 saturated heterocycles. The highest BCUT2D eigenvalue weighted by atomic mass is 16.6. The van der Waals surface area contributed by atoms with Gasteiger partial charge in [0, 0.05) is 0 Å². The molecule has 0 rings (SSSR count). The highest BCUT2D eigenvalue weighted by Gasteiger charge is 2.33. The minimum atomic E-state index is -1.17. The normalized spacial score (nSPS) is 18.8. The van der Waals surface area contributed by atoms with Gasteiger partial charge in [0.2, 0.25) is 0 Å². The fourth-order valence-corrected chi connectivity index (χ4v) is 2.16. The molecule has 0 aromatic rings. The number of carbonyl (C=O) groups is 3. The third-order valence-electron chi connectivity index (χ3n) is 3.51. The topological polar surface area (TPSA) is 143 Å². The van der Waals surface area contributed by atoms with Crippen LogP contribution in [-0.4, -0.2) is 75.1 Å². The molecule has 0 spiro atoms. The number of nitrogens with zero attached hydrogens (tertiary/aromatic N) is 1. The Morgan fingerprint density at radius 2 is 0.800 bits per heavy atom. The first-order valence-corrected chi connectivity index (χ1v) is 7.80. The van der Waals surface area contributed by atoms with Crippen LogP contribution in [0.2, 0.25) is 0 Å². The van der Waals surface area contributed by atoms with Crippen molar-refractivity contribution in [3.05, 3.63) is 0 Å². The van der Waals surface area contributed by atoms with E-state index in [1.165, 1.54) is 46.4 Å². The molecule has 0 aromatic heterocycles. The Hall–Kier alpha value is -1.75. The molecule has 0 aliphatic rings. The van der Waals surface area contributed by atoms with E-state index < -0.39 is 54.9 Å². The van der Waals surface area contributed by atoms with Gasteiger partial charge < -0.3 is 29.5 Å². The van der Waals surface area contributed by atoms with Crippen molar-refractivity contribution in [1.29, 1.82) is 0 Å². The van der Waals surface area contributed by atoms with Gasteiger partial charge >= 0.3 is 17.9 Å². The molecule has 3 N–H and O–H groups in total. The summed E-state index contributed by atoms with van der Waals surface area (Å²) in [6.07, 6.45) is -5.95. The number of hydrogen-bond acceptors (Lipinski definition) is 7. The highest BCUT2D eigenvalue weighted by Crippen LogP contribution is 2.18. The Balaban J connectivity index is 5.29. The van der Waals surface area contributed by atoms with Gasteiger partial charge in [0.1, 0.15) is 18.7 Å². The van der Waals surface area contributed by atoms with Crippen LogP contribution >= 0.6 is 0 Å². The lowest BCUT2D eigenvalue weighted by Gasteiger charge is -2.39. The molecule has 10 nitrogen and oxygen atoms in total. The Labute approximate surface area is 146 Å². The standard InChI is InChI=1S/C15H27NO9/c1-7(13(17)18)23-10(4)16(11(5)24-8(2)14(19)20)12(6)25-9(3)15(21)22/h7-12H,1-6H3,(H,17,18)(H,19,20)(H,21,22). The second-order valence-electron chi connectivity index (χ2n) is 5.59. The zero-order chi connectivity index (χ0) is 19.9. The van der Waals surface area contributed by atoms with Gasteiger partial charge in [0.15, 0.2) is 18.3 Å². The SMILES string of the molecule is CC(OC(C)N(C(C)OC(C)C(=O)O)C(C)OC(C)C(=O)O)C(=O)O. The third-order valence-corrected chi connectivity index (χ3v) is 3.51. The molecule has 0 amide bonds. The van der Waals surface area contributed by atoms with Crippen molar-refractivity contribution in [1.82, 2.24) is 4.90 Å². The molecule has 0 saturated carbocycles. The van der Waals surface area contributed by atoms with Crippen molar-refractivity contribution in [2.45, 2.75) is 78.5 Å². The fourth-order valence-electron chi connectivity index (χ4n) is 2.16.